The molecule has 0 amide bonds. The van der Waals surface area contributed by atoms with Crippen LogP contribution in [0.3, 0.4) is 0 Å². The van der Waals surface area contributed by atoms with E-state index in [-0.39, 0.29) is 22.5 Å². The second-order valence-corrected chi connectivity index (χ2v) is 8.56. The van der Waals surface area contributed by atoms with Gasteiger partial charge in [-0.2, -0.15) is 5.10 Å². The highest BCUT2D eigenvalue weighted by molar-refractivity contribution is 6.10. The molecule has 0 heterocycles. The number of benzene rings is 2. The van der Waals surface area contributed by atoms with Gasteiger partial charge in [0.1, 0.15) is 0 Å². The highest BCUT2D eigenvalue weighted by Crippen LogP contribution is 2.65. The number of azo groups is 1. The van der Waals surface area contributed by atoms with Crippen molar-refractivity contribution in [1.82, 2.24) is 0 Å². The fourth-order valence-corrected chi connectivity index (χ4v) is 4.55. The molecule has 5 nitrogen and oxygen atoms in total. The van der Waals surface area contributed by atoms with Crippen molar-refractivity contribution in [3.05, 3.63) is 72.3 Å². The summed E-state index contributed by atoms with van der Waals surface area (Å²) in [5.74, 6) is 0.850. The number of hydrazone groups is 1. The topological polar surface area (TPSA) is 66.2 Å². The third-order valence-corrected chi connectivity index (χ3v) is 6.75. The number of amidine groups is 1. The van der Waals surface area contributed by atoms with Gasteiger partial charge in [-0.05, 0) is 54.5 Å². The van der Waals surface area contributed by atoms with Crippen molar-refractivity contribution < 1.29 is 4.79 Å². The van der Waals surface area contributed by atoms with Crippen molar-refractivity contribution in [2.24, 2.45) is 32.1 Å². The van der Waals surface area contributed by atoms with Gasteiger partial charge in [0.2, 0.25) is 0 Å². The zero-order chi connectivity index (χ0) is 20.5. The summed E-state index contributed by atoms with van der Waals surface area (Å²) in [7, 11) is 0. The second kappa shape index (κ2) is 7.39. The summed E-state index contributed by atoms with van der Waals surface area (Å²) in [5.41, 5.74) is 5.08. The van der Waals surface area contributed by atoms with E-state index in [9.17, 15) is 4.79 Å². The number of carbonyl (C=O) groups excluding carboxylic acids is 1. The fourth-order valence-electron chi connectivity index (χ4n) is 4.55. The minimum Gasteiger partial charge on any atom is -0.294 e. The van der Waals surface area contributed by atoms with Crippen molar-refractivity contribution in [3.8, 4) is 0 Å². The van der Waals surface area contributed by atoms with E-state index < -0.39 is 0 Å². The predicted octanol–water partition coefficient (Wildman–Crippen LogP) is 6.15. The van der Waals surface area contributed by atoms with Crippen LogP contribution in [0, 0.1) is 16.7 Å². The first-order valence-electron chi connectivity index (χ1n) is 10.0. The molecule has 0 aliphatic heterocycles. The molecule has 2 bridgehead atoms. The van der Waals surface area contributed by atoms with Crippen LogP contribution in [0.2, 0.25) is 0 Å². The van der Waals surface area contributed by atoms with E-state index in [1.54, 1.807) is 0 Å². The van der Waals surface area contributed by atoms with Gasteiger partial charge in [0.15, 0.2) is 11.6 Å². The number of ketones is 1. The molecule has 2 aromatic rings. The minimum absolute atomic E-state index is 0.0511. The maximum absolute atomic E-state index is 13.2. The standard InChI is InChI=1S/C24H26N4O/c1-23(2)20-14-15-24(23,3)22(29)19(20)16-21(27-25-17-10-6-4-7-11-17)28-26-18-12-8-5-9-13-18/h4-13,16,20,25H,14-15H2,1-3H3/t20-,24-/m0/s1. The molecule has 0 aromatic heterocycles. The Morgan fingerprint density at radius 3 is 2.31 bits per heavy atom. The highest BCUT2D eigenvalue weighted by Gasteiger charge is 2.63. The summed E-state index contributed by atoms with van der Waals surface area (Å²) in [6.45, 7) is 6.50. The summed E-state index contributed by atoms with van der Waals surface area (Å²) < 4.78 is 0. The molecule has 2 aliphatic carbocycles. The van der Waals surface area contributed by atoms with E-state index in [0.717, 1.165) is 29.8 Å². The Morgan fingerprint density at radius 1 is 1.03 bits per heavy atom. The highest BCUT2D eigenvalue weighted by atomic mass is 16.1. The number of allylic oxidation sites excluding steroid dienone is 1. The normalized spacial score (nSPS) is 27.1. The molecule has 2 atom stereocenters. The van der Waals surface area contributed by atoms with E-state index in [4.69, 9.17) is 0 Å². The lowest BCUT2D eigenvalue weighted by Gasteiger charge is -2.31. The van der Waals surface area contributed by atoms with E-state index in [1.165, 1.54) is 0 Å². The molecular weight excluding hydrogens is 360 g/mol. The first-order valence-corrected chi connectivity index (χ1v) is 10.0. The van der Waals surface area contributed by atoms with E-state index in [0.29, 0.717) is 5.84 Å². The number of para-hydroxylation sites is 1. The smallest absolute Gasteiger partial charge is 0.194 e. The summed E-state index contributed by atoms with van der Waals surface area (Å²) in [6, 6.07) is 19.2. The lowest BCUT2D eigenvalue weighted by molar-refractivity contribution is -0.125. The molecule has 1 N–H and O–H groups in total. The SMILES string of the molecule is CC1(C)[C@H]2CC[C@@]1(C)C(=O)C2=CC(N=Nc1ccccc1)=NNc1ccccc1. The predicted molar refractivity (Wildman–Crippen MR) is 116 cm³/mol. The molecule has 148 valence electrons. The van der Waals surface area contributed by atoms with Gasteiger partial charge in [0, 0.05) is 11.0 Å². The molecule has 2 aliphatic rings. The lowest BCUT2D eigenvalue weighted by atomic mass is 9.70. The average molecular weight is 386 g/mol. The van der Waals surface area contributed by atoms with Crippen LogP contribution in [0.25, 0.3) is 0 Å². The average Bonchev–Trinajstić information content (AvgIpc) is 3.05. The lowest BCUT2D eigenvalue weighted by Crippen LogP contribution is -2.32. The van der Waals surface area contributed by atoms with E-state index in [2.05, 4.69) is 41.5 Å². The van der Waals surface area contributed by atoms with Gasteiger partial charge >= 0.3 is 0 Å². The number of anilines is 1. The molecular formula is C24H26N4O. The Balaban J connectivity index is 1.68. The van der Waals surface area contributed by atoms with Crippen LogP contribution in [0.5, 0.6) is 0 Å². The van der Waals surface area contributed by atoms with Crippen molar-refractivity contribution in [2.75, 3.05) is 5.43 Å². The van der Waals surface area contributed by atoms with E-state index in [1.807, 2.05) is 66.7 Å². The summed E-state index contributed by atoms with van der Waals surface area (Å²) in [6.07, 6.45) is 3.79. The fraction of sp³-hybridized carbons (Fsp3) is 0.333. The summed E-state index contributed by atoms with van der Waals surface area (Å²) >= 11 is 0. The Morgan fingerprint density at radius 2 is 1.69 bits per heavy atom. The van der Waals surface area contributed by atoms with Crippen LogP contribution in [-0.4, -0.2) is 11.6 Å². The first kappa shape index (κ1) is 19.2. The van der Waals surface area contributed by atoms with Crippen molar-refractivity contribution >= 4 is 23.0 Å². The van der Waals surface area contributed by atoms with Gasteiger partial charge in [-0.15, -0.1) is 10.2 Å². The van der Waals surface area contributed by atoms with Gasteiger partial charge in [-0.25, -0.2) is 0 Å². The summed E-state index contributed by atoms with van der Waals surface area (Å²) in [5, 5.41) is 13.1. The molecule has 29 heavy (non-hydrogen) atoms. The van der Waals surface area contributed by atoms with Gasteiger partial charge in [0.05, 0.1) is 11.4 Å². The number of rotatable bonds is 4. The number of carbonyl (C=O) groups is 1. The van der Waals surface area contributed by atoms with Crippen molar-refractivity contribution in [1.29, 1.82) is 0 Å². The molecule has 5 heteroatoms. The molecule has 0 unspecified atom stereocenters. The maximum Gasteiger partial charge on any atom is 0.194 e. The van der Waals surface area contributed by atoms with Crippen LogP contribution in [0.15, 0.2) is 87.6 Å². The van der Waals surface area contributed by atoms with Gasteiger partial charge in [-0.3, -0.25) is 10.2 Å². The number of nitrogens with zero attached hydrogens (tertiary/aromatic N) is 3. The van der Waals surface area contributed by atoms with Crippen molar-refractivity contribution in [3.63, 3.8) is 0 Å². The monoisotopic (exact) mass is 386 g/mol. The Bertz CT molecular complexity index is 992. The molecule has 2 aromatic carbocycles. The Labute approximate surface area is 171 Å². The van der Waals surface area contributed by atoms with E-state index >= 15 is 0 Å². The second-order valence-electron chi connectivity index (χ2n) is 8.56. The van der Waals surface area contributed by atoms with Crippen LogP contribution in [0.4, 0.5) is 11.4 Å². The largest absolute Gasteiger partial charge is 0.294 e. The first-order chi connectivity index (χ1) is 13.9. The maximum atomic E-state index is 13.2. The quantitative estimate of drug-likeness (QED) is 0.225. The molecule has 2 fully saturated rings. The van der Waals surface area contributed by atoms with Gasteiger partial charge in [0.25, 0.3) is 0 Å². The molecule has 4 rings (SSSR count). The molecule has 0 radical (unpaired) electrons. The third-order valence-electron chi connectivity index (χ3n) is 6.75. The van der Waals surface area contributed by atoms with Crippen LogP contribution < -0.4 is 5.43 Å². The third kappa shape index (κ3) is 3.41. The zero-order valence-corrected chi connectivity index (χ0v) is 17.1. The molecule has 0 spiro atoms. The van der Waals surface area contributed by atoms with Gasteiger partial charge in [-0.1, -0.05) is 57.2 Å². The summed E-state index contributed by atoms with van der Waals surface area (Å²) in [4.78, 5) is 13.2. The number of fused-ring (bicyclic) bond motifs is 2. The number of nitrogens with one attached hydrogen (secondary N) is 1. The number of hydrogen-bond donors (Lipinski definition) is 1. The van der Waals surface area contributed by atoms with Crippen LogP contribution in [0.1, 0.15) is 33.6 Å². The van der Waals surface area contributed by atoms with Crippen LogP contribution in [-0.2, 0) is 4.79 Å². The minimum atomic E-state index is -0.307. The molecule has 0 saturated heterocycles. The Kier molecular flexibility index (Phi) is 4.91. The number of Topliss-reactive ketones (excluding diaryl/α,β-unsaturated/α-hetero) is 1. The van der Waals surface area contributed by atoms with Crippen LogP contribution >= 0.6 is 0 Å². The number of hydrogen-bond acceptors (Lipinski definition) is 4. The zero-order valence-electron chi connectivity index (χ0n) is 17.1. The van der Waals surface area contributed by atoms with Gasteiger partial charge < -0.3 is 0 Å². The molecule has 2 saturated carbocycles. The van der Waals surface area contributed by atoms with Crippen molar-refractivity contribution in [2.45, 2.75) is 33.6 Å². The Hall–Kier alpha value is -3.08.